The van der Waals surface area contributed by atoms with Gasteiger partial charge in [-0.3, -0.25) is 0 Å². The lowest BCUT2D eigenvalue weighted by atomic mass is 10.2. The van der Waals surface area contributed by atoms with E-state index in [4.69, 9.17) is 16.2 Å². The number of rotatable bonds is 8. The third kappa shape index (κ3) is 5.09. The molecular formula is C20H25N3O. The van der Waals surface area contributed by atoms with Gasteiger partial charge < -0.3 is 21.1 Å². The molecule has 2 aromatic carbocycles. The van der Waals surface area contributed by atoms with Crippen molar-refractivity contribution in [1.29, 1.82) is 0 Å². The number of nitrogen functional groups attached to an aromatic ring is 2. The molecule has 0 radical (unpaired) electrons. The lowest BCUT2D eigenvalue weighted by Crippen LogP contribution is -2.23. The summed E-state index contributed by atoms with van der Waals surface area (Å²) in [5.74, 6) is 0.612. The molecule has 0 aliphatic rings. The second-order valence-corrected chi connectivity index (χ2v) is 5.61. The monoisotopic (exact) mass is 323 g/mol. The highest BCUT2D eigenvalue weighted by Crippen LogP contribution is 2.23. The number of aryl methyl sites for hydroxylation is 1. The van der Waals surface area contributed by atoms with Crippen LogP contribution >= 0.6 is 0 Å². The SMILES string of the molecule is C=CCN(C/C=C/COc1cc(N)ccc1N)c1cccc(C)c1. The number of ether oxygens (including phenoxy) is 1. The summed E-state index contributed by atoms with van der Waals surface area (Å²) >= 11 is 0. The summed E-state index contributed by atoms with van der Waals surface area (Å²) in [6.45, 7) is 7.95. The molecule has 0 fully saturated rings. The average Bonchev–Trinajstić information content (AvgIpc) is 2.56. The third-order valence-corrected chi connectivity index (χ3v) is 3.58. The summed E-state index contributed by atoms with van der Waals surface area (Å²) < 4.78 is 5.65. The zero-order valence-electron chi connectivity index (χ0n) is 14.1. The average molecular weight is 323 g/mol. The Hall–Kier alpha value is -2.88. The number of anilines is 3. The van der Waals surface area contributed by atoms with Crippen molar-refractivity contribution in [3.8, 4) is 5.75 Å². The molecule has 0 saturated heterocycles. The molecule has 0 unspecified atom stereocenters. The molecule has 0 aliphatic heterocycles. The lowest BCUT2D eigenvalue weighted by molar-refractivity contribution is 0.365. The maximum absolute atomic E-state index is 5.86. The van der Waals surface area contributed by atoms with E-state index in [0.29, 0.717) is 23.7 Å². The first-order valence-corrected chi connectivity index (χ1v) is 7.95. The highest BCUT2D eigenvalue weighted by atomic mass is 16.5. The van der Waals surface area contributed by atoms with Crippen LogP contribution in [0.25, 0.3) is 0 Å². The molecule has 0 saturated carbocycles. The van der Waals surface area contributed by atoms with Gasteiger partial charge in [-0.25, -0.2) is 0 Å². The molecule has 0 spiro atoms. The smallest absolute Gasteiger partial charge is 0.144 e. The Morgan fingerprint density at radius 3 is 2.67 bits per heavy atom. The van der Waals surface area contributed by atoms with Gasteiger partial charge in [-0.1, -0.05) is 24.3 Å². The highest BCUT2D eigenvalue weighted by Gasteiger charge is 2.03. The first-order valence-electron chi connectivity index (χ1n) is 7.95. The fourth-order valence-corrected chi connectivity index (χ4v) is 2.35. The molecule has 0 bridgehead atoms. The van der Waals surface area contributed by atoms with Crippen LogP contribution in [0, 0.1) is 6.92 Å². The maximum Gasteiger partial charge on any atom is 0.144 e. The lowest BCUT2D eigenvalue weighted by Gasteiger charge is -2.22. The van der Waals surface area contributed by atoms with Crippen molar-refractivity contribution < 1.29 is 4.74 Å². The van der Waals surface area contributed by atoms with E-state index >= 15 is 0 Å². The molecule has 2 aromatic rings. The van der Waals surface area contributed by atoms with Crippen molar-refractivity contribution in [2.45, 2.75) is 6.92 Å². The normalized spacial score (nSPS) is 10.7. The molecule has 0 aromatic heterocycles. The second-order valence-electron chi connectivity index (χ2n) is 5.61. The summed E-state index contributed by atoms with van der Waals surface area (Å²) in [7, 11) is 0. The summed E-state index contributed by atoms with van der Waals surface area (Å²) in [4.78, 5) is 2.24. The highest BCUT2D eigenvalue weighted by molar-refractivity contribution is 5.59. The Morgan fingerprint density at radius 1 is 1.08 bits per heavy atom. The van der Waals surface area contributed by atoms with Gasteiger partial charge in [0, 0.05) is 30.5 Å². The van der Waals surface area contributed by atoms with Gasteiger partial charge >= 0.3 is 0 Å². The van der Waals surface area contributed by atoms with Gasteiger partial charge in [0.2, 0.25) is 0 Å². The number of nitrogens with two attached hydrogens (primary N) is 2. The predicted octanol–water partition coefficient (Wildman–Crippen LogP) is 3.79. The van der Waals surface area contributed by atoms with Crippen molar-refractivity contribution in [3.05, 3.63) is 72.8 Å². The van der Waals surface area contributed by atoms with Crippen LogP contribution in [0.3, 0.4) is 0 Å². The van der Waals surface area contributed by atoms with Crippen LogP contribution in [-0.4, -0.2) is 19.7 Å². The van der Waals surface area contributed by atoms with E-state index in [-0.39, 0.29) is 0 Å². The van der Waals surface area contributed by atoms with Crippen LogP contribution in [0.5, 0.6) is 5.75 Å². The van der Waals surface area contributed by atoms with Crippen LogP contribution in [0.15, 0.2) is 67.3 Å². The molecule has 4 nitrogen and oxygen atoms in total. The van der Waals surface area contributed by atoms with Crippen molar-refractivity contribution in [2.75, 3.05) is 36.1 Å². The number of hydrogen-bond donors (Lipinski definition) is 2. The van der Waals surface area contributed by atoms with Crippen molar-refractivity contribution in [3.63, 3.8) is 0 Å². The van der Waals surface area contributed by atoms with Crippen molar-refractivity contribution >= 4 is 17.1 Å². The Morgan fingerprint density at radius 2 is 1.92 bits per heavy atom. The molecule has 4 heteroatoms. The van der Waals surface area contributed by atoms with Crippen LogP contribution in [0.1, 0.15) is 5.56 Å². The number of nitrogens with zero attached hydrogens (tertiary/aromatic N) is 1. The van der Waals surface area contributed by atoms with Crippen LogP contribution < -0.4 is 21.1 Å². The molecule has 4 N–H and O–H groups in total. The third-order valence-electron chi connectivity index (χ3n) is 3.58. The molecule has 0 heterocycles. The maximum atomic E-state index is 5.86. The molecule has 0 aliphatic carbocycles. The van der Waals surface area contributed by atoms with E-state index in [1.807, 2.05) is 12.2 Å². The number of benzene rings is 2. The van der Waals surface area contributed by atoms with Crippen molar-refractivity contribution in [1.82, 2.24) is 0 Å². The quantitative estimate of drug-likeness (QED) is 0.573. The van der Waals surface area contributed by atoms with Gasteiger partial charge in [0.15, 0.2) is 0 Å². The first-order chi connectivity index (χ1) is 11.6. The first kappa shape index (κ1) is 17.5. The molecule has 2 rings (SSSR count). The van der Waals surface area contributed by atoms with E-state index in [1.54, 1.807) is 18.2 Å². The van der Waals surface area contributed by atoms with E-state index in [2.05, 4.69) is 48.7 Å². The zero-order chi connectivity index (χ0) is 17.4. The fourth-order valence-electron chi connectivity index (χ4n) is 2.35. The van der Waals surface area contributed by atoms with Gasteiger partial charge in [-0.15, -0.1) is 6.58 Å². The summed E-state index contributed by atoms with van der Waals surface area (Å²) in [5, 5.41) is 0. The van der Waals surface area contributed by atoms with E-state index in [1.165, 1.54) is 11.3 Å². The standard InChI is InChI=1S/C20H25N3O/c1-3-11-23(18-8-6-7-16(2)14-18)12-4-5-13-24-20-15-17(21)9-10-19(20)22/h3-10,14-15H,1,11-13,21-22H2,2H3/b5-4+. The van der Waals surface area contributed by atoms with E-state index in [0.717, 1.165) is 13.1 Å². The van der Waals surface area contributed by atoms with Gasteiger partial charge in [-0.05, 0) is 42.8 Å². The summed E-state index contributed by atoms with van der Waals surface area (Å²) in [6, 6.07) is 13.7. The molecule has 0 atom stereocenters. The van der Waals surface area contributed by atoms with E-state index < -0.39 is 0 Å². The van der Waals surface area contributed by atoms with Gasteiger partial charge in [0.1, 0.15) is 12.4 Å². The zero-order valence-corrected chi connectivity index (χ0v) is 14.1. The second kappa shape index (κ2) is 8.67. The van der Waals surface area contributed by atoms with E-state index in [9.17, 15) is 0 Å². The number of hydrogen-bond acceptors (Lipinski definition) is 4. The minimum atomic E-state index is 0.448. The van der Waals surface area contributed by atoms with Crippen LogP contribution in [-0.2, 0) is 0 Å². The molecule has 126 valence electrons. The van der Waals surface area contributed by atoms with Crippen LogP contribution in [0.4, 0.5) is 17.1 Å². The Kier molecular flexibility index (Phi) is 6.32. The Labute approximate surface area is 144 Å². The molecular weight excluding hydrogens is 298 g/mol. The Balaban J connectivity index is 1.91. The predicted molar refractivity (Wildman–Crippen MR) is 103 cm³/mol. The van der Waals surface area contributed by atoms with Gasteiger partial charge in [0.25, 0.3) is 0 Å². The van der Waals surface area contributed by atoms with Gasteiger partial charge in [-0.2, -0.15) is 0 Å². The van der Waals surface area contributed by atoms with Gasteiger partial charge in [0.05, 0.1) is 5.69 Å². The topological polar surface area (TPSA) is 64.5 Å². The largest absolute Gasteiger partial charge is 0.487 e. The van der Waals surface area contributed by atoms with Crippen molar-refractivity contribution in [2.24, 2.45) is 0 Å². The minimum absolute atomic E-state index is 0.448. The summed E-state index contributed by atoms with van der Waals surface area (Å²) in [5.41, 5.74) is 15.2. The molecule has 24 heavy (non-hydrogen) atoms. The van der Waals surface area contributed by atoms with Crippen LogP contribution in [0.2, 0.25) is 0 Å². The minimum Gasteiger partial charge on any atom is -0.487 e. The fraction of sp³-hybridized carbons (Fsp3) is 0.200. The molecule has 0 amide bonds. The Bertz CT molecular complexity index is 710. The summed E-state index contributed by atoms with van der Waals surface area (Å²) in [6.07, 6.45) is 5.96.